The average Bonchev–Trinajstić information content (AvgIpc) is 3.30. The van der Waals surface area contributed by atoms with Crippen LogP contribution >= 0.6 is 0 Å². The van der Waals surface area contributed by atoms with E-state index in [1.54, 1.807) is 12.3 Å². The maximum atomic E-state index is 12.5. The number of imidazole rings is 1. The molecule has 1 aliphatic rings. The summed E-state index contributed by atoms with van der Waals surface area (Å²) in [5, 5.41) is 3.17. The first-order valence-electron chi connectivity index (χ1n) is 12.2. The Balaban J connectivity index is 1.22. The van der Waals surface area contributed by atoms with E-state index in [-0.39, 0.29) is 18.9 Å². The number of anilines is 2. The van der Waals surface area contributed by atoms with Gasteiger partial charge >= 0.3 is 6.18 Å². The Hall–Kier alpha value is -4.39. The number of hydrogen-bond acceptors (Lipinski definition) is 8. The first kappa shape index (κ1) is 26.2. The molecule has 202 valence electrons. The van der Waals surface area contributed by atoms with Crippen molar-refractivity contribution in [2.24, 2.45) is 0 Å². The summed E-state index contributed by atoms with van der Waals surface area (Å²) in [5.41, 5.74) is 4.24. The Labute approximate surface area is 221 Å². The Kier molecular flexibility index (Phi) is 7.24. The first-order valence-corrected chi connectivity index (χ1v) is 12.2. The third-order valence-corrected chi connectivity index (χ3v) is 6.36. The maximum absolute atomic E-state index is 12.5. The predicted molar refractivity (Wildman–Crippen MR) is 137 cm³/mol. The fourth-order valence-corrected chi connectivity index (χ4v) is 4.40. The predicted octanol–water partition coefficient (Wildman–Crippen LogP) is 3.96. The molecule has 3 aromatic heterocycles. The number of rotatable bonds is 7. The van der Waals surface area contributed by atoms with Crippen LogP contribution in [0.4, 0.5) is 24.9 Å². The molecule has 1 saturated heterocycles. The lowest BCUT2D eigenvalue weighted by atomic mass is 10.1. The van der Waals surface area contributed by atoms with Crippen molar-refractivity contribution >= 4 is 34.5 Å². The fraction of sp³-hybridized carbons (Fsp3) is 0.308. The van der Waals surface area contributed by atoms with Crippen molar-refractivity contribution in [2.45, 2.75) is 26.1 Å². The van der Waals surface area contributed by atoms with Gasteiger partial charge in [0, 0.05) is 51.4 Å². The number of pyridine rings is 1. The van der Waals surface area contributed by atoms with Crippen LogP contribution in [-0.2, 0) is 11.3 Å². The van der Waals surface area contributed by atoms with Crippen LogP contribution < -0.4 is 5.32 Å². The molecule has 13 heteroatoms. The molecular weight excluding hydrogens is 513 g/mol. The molecule has 0 spiro atoms. The minimum atomic E-state index is -4.49. The Bertz CT molecular complexity index is 1510. The Morgan fingerprint density at radius 3 is 2.56 bits per heavy atom. The van der Waals surface area contributed by atoms with Crippen LogP contribution in [0.25, 0.3) is 22.3 Å². The largest absolute Gasteiger partial charge is 0.397 e. The second-order valence-electron chi connectivity index (χ2n) is 9.29. The third-order valence-electron chi connectivity index (χ3n) is 6.36. The van der Waals surface area contributed by atoms with Crippen molar-refractivity contribution in [3.8, 4) is 11.3 Å². The number of aromatic nitrogens is 5. The number of carbonyl (C=O) groups excluding carboxylic acids is 2. The summed E-state index contributed by atoms with van der Waals surface area (Å²) < 4.78 is 37.5. The molecule has 0 aliphatic carbocycles. The molecule has 10 nitrogen and oxygen atoms in total. The number of nitrogens with zero attached hydrogens (tertiary/aromatic N) is 6. The Morgan fingerprint density at radius 1 is 1.03 bits per heavy atom. The lowest BCUT2D eigenvalue weighted by molar-refractivity contribution is -0.162. The summed E-state index contributed by atoms with van der Waals surface area (Å²) in [7, 11) is 0. The number of nitrogens with one attached hydrogen (secondary N) is 2. The maximum Gasteiger partial charge on any atom is 0.397 e. The topological polar surface area (TPSA) is 120 Å². The number of carbonyl (C=O) groups is 2. The minimum Gasteiger partial charge on any atom is -0.340 e. The summed E-state index contributed by atoms with van der Waals surface area (Å²) in [5.74, 6) is 0.0532. The number of piperazine rings is 1. The number of ketones is 1. The van der Waals surface area contributed by atoms with Gasteiger partial charge in [-0.3, -0.25) is 14.5 Å². The number of fused-ring (bicyclic) bond motifs is 1. The van der Waals surface area contributed by atoms with E-state index in [1.165, 1.54) is 18.2 Å². The van der Waals surface area contributed by atoms with Gasteiger partial charge in [0.25, 0.3) is 0 Å². The summed E-state index contributed by atoms with van der Waals surface area (Å²) in [6.07, 6.45) is -2.88. The second-order valence-corrected chi connectivity index (χ2v) is 9.29. The van der Waals surface area contributed by atoms with E-state index in [0.29, 0.717) is 42.8 Å². The molecule has 0 saturated carbocycles. The van der Waals surface area contributed by atoms with E-state index in [9.17, 15) is 22.8 Å². The van der Waals surface area contributed by atoms with Crippen LogP contribution in [0.5, 0.6) is 0 Å². The molecule has 1 aromatic carbocycles. The van der Waals surface area contributed by atoms with Crippen LogP contribution in [-0.4, -0.2) is 78.8 Å². The van der Waals surface area contributed by atoms with Crippen molar-refractivity contribution in [2.75, 3.05) is 31.5 Å². The zero-order valence-electron chi connectivity index (χ0n) is 21.0. The summed E-state index contributed by atoms with van der Waals surface area (Å²) in [6, 6.07) is 11.0. The van der Waals surface area contributed by atoms with Crippen molar-refractivity contribution in [1.82, 2.24) is 34.7 Å². The first-order chi connectivity index (χ1) is 18.6. The zero-order valence-corrected chi connectivity index (χ0v) is 21.0. The second kappa shape index (κ2) is 10.8. The number of H-pyrrole nitrogens is 1. The summed E-state index contributed by atoms with van der Waals surface area (Å²) >= 11 is 0. The van der Waals surface area contributed by atoms with Gasteiger partial charge in [-0.1, -0.05) is 6.07 Å². The fourth-order valence-electron chi connectivity index (χ4n) is 4.40. The van der Waals surface area contributed by atoms with Gasteiger partial charge in [0.2, 0.25) is 11.9 Å². The van der Waals surface area contributed by atoms with Gasteiger partial charge in [0.05, 0.1) is 16.7 Å². The van der Waals surface area contributed by atoms with Gasteiger partial charge in [-0.15, -0.1) is 0 Å². The smallest absolute Gasteiger partial charge is 0.340 e. The highest BCUT2D eigenvalue weighted by Crippen LogP contribution is 2.25. The van der Waals surface area contributed by atoms with Gasteiger partial charge in [-0.05, 0) is 35.9 Å². The average molecular weight is 539 g/mol. The molecular formula is C26H25F3N8O2. The third kappa shape index (κ3) is 6.55. The SMILES string of the molecule is CC(=O)c1cc(-c2ccc3nc(Nc4cc(CN5CCN(C(=O)CC(F)(F)F)CC5)ccn4)[nH]c3c2)ncn1. The van der Waals surface area contributed by atoms with Gasteiger partial charge in [0.15, 0.2) is 5.78 Å². The molecule has 4 heterocycles. The number of benzene rings is 1. The van der Waals surface area contributed by atoms with Crippen LogP contribution in [0.1, 0.15) is 29.4 Å². The zero-order chi connectivity index (χ0) is 27.6. The van der Waals surface area contributed by atoms with Crippen molar-refractivity contribution < 1.29 is 22.8 Å². The number of alkyl halides is 3. The van der Waals surface area contributed by atoms with Crippen molar-refractivity contribution in [3.63, 3.8) is 0 Å². The lowest BCUT2D eigenvalue weighted by Gasteiger charge is -2.35. The molecule has 1 fully saturated rings. The molecule has 4 aromatic rings. The summed E-state index contributed by atoms with van der Waals surface area (Å²) in [6.45, 7) is 3.52. The van der Waals surface area contributed by atoms with E-state index in [2.05, 4.69) is 35.1 Å². The number of amides is 1. The molecule has 2 N–H and O–H groups in total. The van der Waals surface area contributed by atoms with E-state index in [1.807, 2.05) is 30.3 Å². The normalized spacial score (nSPS) is 14.5. The van der Waals surface area contributed by atoms with Crippen LogP contribution in [0.3, 0.4) is 0 Å². The van der Waals surface area contributed by atoms with Gasteiger partial charge < -0.3 is 15.2 Å². The number of aromatic amines is 1. The van der Waals surface area contributed by atoms with E-state index >= 15 is 0 Å². The van der Waals surface area contributed by atoms with Crippen LogP contribution in [0.2, 0.25) is 0 Å². The monoisotopic (exact) mass is 538 g/mol. The van der Waals surface area contributed by atoms with Crippen LogP contribution in [0.15, 0.2) is 48.9 Å². The highest BCUT2D eigenvalue weighted by atomic mass is 19.4. The molecule has 0 radical (unpaired) electrons. The Morgan fingerprint density at radius 2 is 1.82 bits per heavy atom. The molecule has 39 heavy (non-hydrogen) atoms. The highest BCUT2D eigenvalue weighted by molar-refractivity contribution is 5.93. The van der Waals surface area contributed by atoms with E-state index in [4.69, 9.17) is 0 Å². The van der Waals surface area contributed by atoms with Crippen molar-refractivity contribution in [1.29, 1.82) is 0 Å². The number of halogens is 3. The highest BCUT2D eigenvalue weighted by Gasteiger charge is 2.34. The quantitative estimate of drug-likeness (QED) is 0.340. The molecule has 5 rings (SSSR count). The summed E-state index contributed by atoms with van der Waals surface area (Å²) in [4.78, 5) is 47.3. The van der Waals surface area contributed by atoms with Gasteiger partial charge in [-0.25, -0.2) is 19.9 Å². The minimum absolute atomic E-state index is 0.138. The number of Topliss-reactive ketones (excluding diaryl/α,β-unsaturated/α-hetero) is 1. The standard InChI is InChI=1S/C26H25F3N8O2/c1-16(38)20-12-21(32-15-31-20)18-2-3-19-22(11-18)34-25(33-19)35-23-10-17(4-5-30-23)14-36-6-8-37(9-7-36)24(39)13-26(27,28)29/h2-5,10-12,15H,6-9,13-14H2,1H3,(H2,30,33,34,35). The molecule has 0 atom stereocenters. The molecule has 0 bridgehead atoms. The van der Waals surface area contributed by atoms with Crippen LogP contribution in [0, 0.1) is 0 Å². The lowest BCUT2D eigenvalue weighted by Crippen LogP contribution is -2.49. The van der Waals surface area contributed by atoms with Crippen molar-refractivity contribution in [3.05, 3.63) is 60.2 Å². The molecule has 1 amide bonds. The number of hydrogen-bond donors (Lipinski definition) is 2. The van der Waals surface area contributed by atoms with E-state index in [0.717, 1.165) is 22.2 Å². The molecule has 1 aliphatic heterocycles. The molecule has 0 unspecified atom stereocenters. The van der Waals surface area contributed by atoms with E-state index < -0.39 is 18.5 Å². The van der Waals surface area contributed by atoms with Gasteiger partial charge in [-0.2, -0.15) is 13.2 Å². The van der Waals surface area contributed by atoms with Gasteiger partial charge in [0.1, 0.15) is 24.3 Å².